The number of amides is 1. The number of hydrogen-bond donors (Lipinski definition) is 2. The van der Waals surface area contributed by atoms with Crippen molar-refractivity contribution in [1.82, 2.24) is 0 Å². The van der Waals surface area contributed by atoms with Gasteiger partial charge in [-0.3, -0.25) is 5.14 Å². The minimum absolute atomic E-state index is 0.240. The van der Waals surface area contributed by atoms with Crippen LogP contribution < -0.4 is 10.9 Å². The van der Waals surface area contributed by atoms with E-state index < -0.39 is 6.09 Å². The molecule has 0 bridgehead atoms. The highest BCUT2D eigenvalue weighted by molar-refractivity contribution is 7.98. The largest absolute Gasteiger partial charge is 0.448 e. The van der Waals surface area contributed by atoms with E-state index in [0.29, 0.717) is 0 Å². The molecule has 0 heterocycles. The predicted octanol–water partition coefficient (Wildman–Crippen LogP) is 0.467. The van der Waals surface area contributed by atoms with Crippen LogP contribution in [0, 0.1) is 0 Å². The first-order chi connectivity index (χ1) is 4.48. The molecule has 0 unspecified atom stereocenters. The van der Waals surface area contributed by atoms with Crippen LogP contribution >= 0.6 is 11.9 Å². The van der Waals surface area contributed by atoms with Gasteiger partial charge < -0.3 is 10.5 Å². The molecule has 0 radical (unpaired) electrons. The molecule has 1 amide bonds. The van der Waals surface area contributed by atoms with Crippen LogP contribution in [0.15, 0.2) is 0 Å². The molecule has 0 aliphatic heterocycles. The zero-order chi connectivity index (χ0) is 8.20. The Hall–Kier alpha value is -0.420. The second kappa shape index (κ2) is 3.68. The fraction of sp³-hybridized carbons (Fsp3) is 0.800. The van der Waals surface area contributed by atoms with Gasteiger partial charge in [-0.05, 0) is 13.8 Å². The maximum absolute atomic E-state index is 10.1. The summed E-state index contributed by atoms with van der Waals surface area (Å²) >= 11 is 1.14. The van der Waals surface area contributed by atoms with Gasteiger partial charge in [0.1, 0.15) is 6.61 Å². The lowest BCUT2D eigenvalue weighted by Gasteiger charge is -2.19. The van der Waals surface area contributed by atoms with E-state index in [1.165, 1.54) is 0 Å². The van der Waals surface area contributed by atoms with E-state index in [1.807, 2.05) is 13.8 Å². The number of ether oxygens (including phenoxy) is 1. The van der Waals surface area contributed by atoms with Gasteiger partial charge in [-0.2, -0.15) is 0 Å². The summed E-state index contributed by atoms with van der Waals surface area (Å²) in [6, 6.07) is 0. The second-order valence-corrected chi connectivity index (χ2v) is 3.83. The molecule has 0 saturated carbocycles. The second-order valence-electron chi connectivity index (χ2n) is 2.49. The van der Waals surface area contributed by atoms with E-state index in [4.69, 9.17) is 10.9 Å². The van der Waals surface area contributed by atoms with Crippen LogP contribution in [0.5, 0.6) is 0 Å². The number of hydrogen-bond acceptors (Lipinski definition) is 4. The maximum Gasteiger partial charge on any atom is 0.404 e. The normalized spacial score (nSPS) is 11.1. The third kappa shape index (κ3) is 4.46. The van der Waals surface area contributed by atoms with Crippen molar-refractivity contribution in [3.63, 3.8) is 0 Å². The van der Waals surface area contributed by atoms with Gasteiger partial charge in [-0.25, -0.2) is 4.79 Å². The number of carbonyl (C=O) groups excluding carboxylic acids is 1. The van der Waals surface area contributed by atoms with E-state index >= 15 is 0 Å². The van der Waals surface area contributed by atoms with Gasteiger partial charge in [0, 0.05) is 0 Å². The lowest BCUT2D eigenvalue weighted by molar-refractivity contribution is 0.148. The molecule has 0 fully saturated rings. The lowest BCUT2D eigenvalue weighted by Crippen LogP contribution is -2.28. The third-order valence-corrected chi connectivity index (χ3v) is 1.64. The summed E-state index contributed by atoms with van der Waals surface area (Å²) in [5.74, 6) is 0. The minimum Gasteiger partial charge on any atom is -0.448 e. The van der Waals surface area contributed by atoms with Crippen molar-refractivity contribution in [1.29, 1.82) is 0 Å². The molecule has 4 N–H and O–H groups in total. The summed E-state index contributed by atoms with van der Waals surface area (Å²) in [6.45, 7) is 3.96. The molecule has 0 aliphatic rings. The van der Waals surface area contributed by atoms with Crippen LogP contribution in [0.4, 0.5) is 4.79 Å². The Morgan fingerprint density at radius 3 is 2.50 bits per heavy atom. The molecular formula is C5H12N2O2S. The lowest BCUT2D eigenvalue weighted by atomic mass is 10.2. The van der Waals surface area contributed by atoms with Crippen LogP contribution in [0.2, 0.25) is 0 Å². The quantitative estimate of drug-likeness (QED) is 0.594. The summed E-state index contributed by atoms with van der Waals surface area (Å²) in [4.78, 5) is 10.1. The molecule has 60 valence electrons. The van der Waals surface area contributed by atoms with Gasteiger partial charge >= 0.3 is 6.09 Å². The molecule has 0 atom stereocenters. The van der Waals surface area contributed by atoms with Crippen LogP contribution in [0.1, 0.15) is 13.8 Å². The van der Waals surface area contributed by atoms with Crippen molar-refractivity contribution in [2.45, 2.75) is 18.6 Å². The fourth-order valence-corrected chi connectivity index (χ4v) is 0.406. The Kier molecular flexibility index (Phi) is 3.52. The molecule has 0 spiro atoms. The van der Waals surface area contributed by atoms with Crippen LogP contribution in [0.25, 0.3) is 0 Å². The Morgan fingerprint density at radius 1 is 1.70 bits per heavy atom. The topological polar surface area (TPSA) is 78.3 Å². The standard InChI is InChI=1S/C5H12N2O2S/c1-5(2,10-7)3-9-4(6)8/h3,7H2,1-2H3,(H2,6,8). The molecular weight excluding hydrogens is 152 g/mol. The van der Waals surface area contributed by atoms with Gasteiger partial charge in [-0.1, -0.05) is 11.9 Å². The Balaban J connectivity index is 3.56. The first-order valence-corrected chi connectivity index (χ1v) is 3.66. The molecule has 4 nitrogen and oxygen atoms in total. The highest BCUT2D eigenvalue weighted by Crippen LogP contribution is 2.17. The van der Waals surface area contributed by atoms with Gasteiger partial charge in [0.25, 0.3) is 0 Å². The SMILES string of the molecule is CC(C)(COC(N)=O)SN. The van der Waals surface area contributed by atoms with Gasteiger partial charge in [0.2, 0.25) is 0 Å². The first-order valence-electron chi connectivity index (χ1n) is 2.78. The van der Waals surface area contributed by atoms with Crippen molar-refractivity contribution < 1.29 is 9.53 Å². The molecule has 10 heavy (non-hydrogen) atoms. The van der Waals surface area contributed by atoms with Gasteiger partial charge in [-0.15, -0.1) is 0 Å². The monoisotopic (exact) mass is 164 g/mol. The Bertz CT molecular complexity index is 127. The van der Waals surface area contributed by atoms with Crippen molar-refractivity contribution in [3.05, 3.63) is 0 Å². The molecule has 0 aromatic heterocycles. The average molecular weight is 164 g/mol. The third-order valence-electron chi connectivity index (χ3n) is 0.881. The maximum atomic E-state index is 10.1. The minimum atomic E-state index is -0.762. The first kappa shape index (κ1) is 9.58. The van der Waals surface area contributed by atoms with Crippen LogP contribution in [-0.2, 0) is 4.74 Å². The zero-order valence-corrected chi connectivity index (χ0v) is 6.90. The number of carbonyl (C=O) groups is 1. The summed E-state index contributed by atoms with van der Waals surface area (Å²) in [5.41, 5.74) is 4.74. The Labute approximate surface area is 64.4 Å². The highest BCUT2D eigenvalue weighted by Gasteiger charge is 2.18. The van der Waals surface area contributed by atoms with E-state index in [9.17, 15) is 4.79 Å². The summed E-state index contributed by atoms with van der Waals surface area (Å²) in [6.07, 6.45) is -0.762. The van der Waals surface area contributed by atoms with E-state index in [0.717, 1.165) is 11.9 Å². The molecule has 5 heteroatoms. The molecule has 0 aromatic carbocycles. The van der Waals surface area contributed by atoms with Crippen LogP contribution in [0.3, 0.4) is 0 Å². The molecule has 0 saturated heterocycles. The van der Waals surface area contributed by atoms with E-state index in [2.05, 4.69) is 4.74 Å². The number of primary amides is 1. The van der Waals surface area contributed by atoms with Crippen molar-refractivity contribution in [2.75, 3.05) is 6.61 Å². The number of nitrogens with two attached hydrogens (primary N) is 2. The fourth-order valence-electron chi connectivity index (χ4n) is 0.279. The molecule has 0 aliphatic carbocycles. The zero-order valence-electron chi connectivity index (χ0n) is 6.09. The van der Waals surface area contributed by atoms with Crippen molar-refractivity contribution in [2.24, 2.45) is 10.9 Å². The van der Waals surface area contributed by atoms with Crippen molar-refractivity contribution >= 4 is 18.0 Å². The summed E-state index contributed by atoms with van der Waals surface area (Å²) in [5, 5.41) is 5.28. The summed E-state index contributed by atoms with van der Waals surface area (Å²) < 4.78 is 4.28. The average Bonchev–Trinajstić information content (AvgIpc) is 1.85. The summed E-state index contributed by atoms with van der Waals surface area (Å²) in [7, 11) is 0. The molecule has 0 aromatic rings. The van der Waals surface area contributed by atoms with E-state index in [1.54, 1.807) is 0 Å². The number of rotatable bonds is 3. The van der Waals surface area contributed by atoms with Crippen molar-refractivity contribution in [3.8, 4) is 0 Å². The van der Waals surface area contributed by atoms with Crippen LogP contribution in [-0.4, -0.2) is 17.4 Å². The smallest absolute Gasteiger partial charge is 0.404 e. The van der Waals surface area contributed by atoms with Gasteiger partial charge in [0.15, 0.2) is 0 Å². The highest BCUT2D eigenvalue weighted by atomic mass is 32.2. The Morgan fingerprint density at radius 2 is 2.20 bits per heavy atom. The van der Waals surface area contributed by atoms with Gasteiger partial charge in [0.05, 0.1) is 4.75 Å². The predicted molar refractivity (Wildman–Crippen MR) is 41.4 cm³/mol. The van der Waals surface area contributed by atoms with E-state index in [-0.39, 0.29) is 11.4 Å². The molecule has 0 rings (SSSR count).